The summed E-state index contributed by atoms with van der Waals surface area (Å²) in [6.45, 7) is 5.23. The van der Waals surface area contributed by atoms with E-state index in [0.29, 0.717) is 0 Å². The molecular weight excluding hydrogens is 346 g/mol. The number of carbonyl (C=O) groups is 1. The number of nitrogens with zero attached hydrogens (tertiary/aromatic N) is 2. The third-order valence-corrected chi connectivity index (χ3v) is 4.96. The molecule has 2 aromatic rings. The Labute approximate surface area is 146 Å². The number of hydrogen-bond donors (Lipinski definition) is 1. The Hall–Kier alpha value is -2.55. The molecule has 0 radical (unpaired) electrons. The molecule has 136 valence electrons. The summed E-state index contributed by atoms with van der Waals surface area (Å²) in [5, 5.41) is 4.07. The number of carbonyl (C=O) groups excluding carboxylic acids is 1. The summed E-state index contributed by atoms with van der Waals surface area (Å²) >= 11 is 0. The Morgan fingerprint density at radius 3 is 2.64 bits per heavy atom. The summed E-state index contributed by atoms with van der Waals surface area (Å²) in [7, 11) is -2.47. The molecule has 0 bridgehead atoms. The molecule has 0 aliphatic heterocycles. The first-order valence-electron chi connectivity index (χ1n) is 7.60. The lowest BCUT2D eigenvalue weighted by molar-refractivity contribution is -0.152. The maximum Gasteiger partial charge on any atom is 0.333 e. The van der Waals surface area contributed by atoms with Gasteiger partial charge in [0.05, 0.1) is 31.8 Å². The van der Waals surface area contributed by atoms with Crippen LogP contribution in [0.1, 0.15) is 20.8 Å². The van der Waals surface area contributed by atoms with Crippen LogP contribution in [0.2, 0.25) is 0 Å². The number of aromatic nitrogens is 2. The molecule has 0 saturated carbocycles. The fourth-order valence-electron chi connectivity index (χ4n) is 2.13. The number of rotatable bonds is 7. The van der Waals surface area contributed by atoms with Gasteiger partial charge in [-0.05, 0) is 32.9 Å². The van der Waals surface area contributed by atoms with Gasteiger partial charge in [-0.15, -0.1) is 0 Å². The summed E-state index contributed by atoms with van der Waals surface area (Å²) in [6, 6.07) is 6.28. The lowest BCUT2D eigenvalue weighted by atomic mass is 10.1. The number of nitrogens with one attached hydrogen (secondary N) is 1. The van der Waals surface area contributed by atoms with Crippen molar-refractivity contribution >= 4 is 21.7 Å². The number of benzene rings is 1. The summed E-state index contributed by atoms with van der Waals surface area (Å²) in [5.74, 6) is -0.230. The molecule has 0 atom stereocenters. The van der Waals surface area contributed by atoms with Crippen LogP contribution in [-0.4, -0.2) is 37.9 Å². The van der Waals surface area contributed by atoms with E-state index in [0.717, 1.165) is 0 Å². The van der Waals surface area contributed by atoms with Crippen LogP contribution in [0, 0.1) is 0 Å². The fourth-order valence-corrected chi connectivity index (χ4v) is 3.33. The zero-order valence-electron chi connectivity index (χ0n) is 14.5. The van der Waals surface area contributed by atoms with Crippen molar-refractivity contribution < 1.29 is 22.7 Å². The molecule has 0 aliphatic rings. The summed E-state index contributed by atoms with van der Waals surface area (Å²) in [4.78, 5) is 12.0. The van der Waals surface area contributed by atoms with Crippen molar-refractivity contribution in [3.8, 4) is 5.75 Å². The van der Waals surface area contributed by atoms with E-state index in [-0.39, 0.29) is 22.9 Å². The van der Waals surface area contributed by atoms with Gasteiger partial charge in [0, 0.05) is 0 Å². The van der Waals surface area contributed by atoms with Gasteiger partial charge in [0.15, 0.2) is 5.54 Å². The largest absolute Gasteiger partial charge is 0.495 e. The number of methoxy groups -OCH3 is 1. The smallest absolute Gasteiger partial charge is 0.333 e. The SMILES string of the molecule is CCOC(=O)C(C)(C)n1cc(NS(=O)(=O)c2ccccc2OC)cn1. The minimum atomic E-state index is -3.86. The lowest BCUT2D eigenvalue weighted by Gasteiger charge is -2.22. The second kappa shape index (κ2) is 7.14. The number of esters is 1. The minimum Gasteiger partial charge on any atom is -0.495 e. The van der Waals surface area contributed by atoms with E-state index in [1.807, 2.05) is 0 Å². The van der Waals surface area contributed by atoms with Gasteiger partial charge < -0.3 is 9.47 Å². The summed E-state index contributed by atoms with van der Waals surface area (Å²) < 4.78 is 39.0. The van der Waals surface area contributed by atoms with Crippen molar-refractivity contribution in [1.29, 1.82) is 0 Å². The normalized spacial score (nSPS) is 11.8. The maximum atomic E-state index is 12.6. The van der Waals surface area contributed by atoms with Gasteiger partial charge in [-0.1, -0.05) is 12.1 Å². The zero-order valence-corrected chi connectivity index (χ0v) is 15.3. The molecule has 8 nitrogen and oxygen atoms in total. The Balaban J connectivity index is 2.28. The first-order valence-corrected chi connectivity index (χ1v) is 9.09. The molecule has 1 N–H and O–H groups in total. The van der Waals surface area contributed by atoms with E-state index in [9.17, 15) is 13.2 Å². The highest BCUT2D eigenvalue weighted by atomic mass is 32.2. The van der Waals surface area contributed by atoms with Gasteiger partial charge in [-0.3, -0.25) is 9.40 Å². The quantitative estimate of drug-likeness (QED) is 0.751. The van der Waals surface area contributed by atoms with Gasteiger partial charge in [0.1, 0.15) is 10.6 Å². The van der Waals surface area contributed by atoms with Crippen LogP contribution in [0.4, 0.5) is 5.69 Å². The predicted octanol–water partition coefficient (Wildman–Crippen LogP) is 1.99. The van der Waals surface area contributed by atoms with E-state index in [1.165, 1.54) is 30.3 Å². The topological polar surface area (TPSA) is 99.5 Å². The minimum absolute atomic E-state index is 0.00917. The highest BCUT2D eigenvalue weighted by molar-refractivity contribution is 7.92. The molecule has 0 amide bonds. The number of para-hydroxylation sites is 1. The van der Waals surface area contributed by atoms with Gasteiger partial charge in [0.2, 0.25) is 0 Å². The number of hydrogen-bond acceptors (Lipinski definition) is 6. The molecule has 1 heterocycles. The van der Waals surface area contributed by atoms with Crippen LogP contribution in [-0.2, 0) is 25.1 Å². The van der Waals surface area contributed by atoms with Crippen LogP contribution in [0.15, 0.2) is 41.6 Å². The molecule has 2 rings (SSSR count). The highest BCUT2D eigenvalue weighted by Gasteiger charge is 2.32. The Morgan fingerprint density at radius 2 is 2.00 bits per heavy atom. The molecule has 0 fully saturated rings. The second-order valence-corrected chi connectivity index (χ2v) is 7.36. The third-order valence-electron chi connectivity index (χ3n) is 3.54. The number of anilines is 1. The highest BCUT2D eigenvalue weighted by Crippen LogP contribution is 2.26. The van der Waals surface area contributed by atoms with Crippen LogP contribution in [0.3, 0.4) is 0 Å². The number of ether oxygens (including phenoxy) is 2. The molecule has 0 unspecified atom stereocenters. The van der Waals surface area contributed by atoms with Crippen LogP contribution < -0.4 is 9.46 Å². The fraction of sp³-hybridized carbons (Fsp3) is 0.375. The van der Waals surface area contributed by atoms with Gasteiger partial charge in [-0.2, -0.15) is 5.10 Å². The average molecular weight is 367 g/mol. The second-order valence-electron chi connectivity index (χ2n) is 5.71. The summed E-state index contributed by atoms with van der Waals surface area (Å²) in [5.41, 5.74) is -0.840. The molecule has 0 saturated heterocycles. The maximum absolute atomic E-state index is 12.6. The van der Waals surface area contributed by atoms with Crippen LogP contribution in [0.25, 0.3) is 0 Å². The molecule has 9 heteroatoms. The molecule has 1 aromatic carbocycles. The molecular formula is C16H21N3O5S. The van der Waals surface area contributed by atoms with E-state index >= 15 is 0 Å². The van der Waals surface area contributed by atoms with Crippen molar-refractivity contribution in [3.05, 3.63) is 36.7 Å². The van der Waals surface area contributed by atoms with E-state index in [1.54, 1.807) is 39.0 Å². The van der Waals surface area contributed by atoms with Crippen molar-refractivity contribution in [2.24, 2.45) is 0 Å². The molecule has 0 spiro atoms. The van der Waals surface area contributed by atoms with Crippen molar-refractivity contribution in [1.82, 2.24) is 9.78 Å². The lowest BCUT2D eigenvalue weighted by Crippen LogP contribution is -2.37. The van der Waals surface area contributed by atoms with E-state index in [4.69, 9.17) is 9.47 Å². The van der Waals surface area contributed by atoms with E-state index in [2.05, 4.69) is 9.82 Å². The Morgan fingerprint density at radius 1 is 1.32 bits per heavy atom. The van der Waals surface area contributed by atoms with Crippen LogP contribution in [0.5, 0.6) is 5.75 Å². The zero-order chi connectivity index (χ0) is 18.7. The van der Waals surface area contributed by atoms with Gasteiger partial charge in [0.25, 0.3) is 10.0 Å². The number of sulfonamides is 1. The molecule has 1 aromatic heterocycles. The average Bonchev–Trinajstić information content (AvgIpc) is 3.03. The Kier molecular flexibility index (Phi) is 5.36. The van der Waals surface area contributed by atoms with Crippen molar-refractivity contribution in [3.63, 3.8) is 0 Å². The van der Waals surface area contributed by atoms with Gasteiger partial charge in [-0.25, -0.2) is 13.2 Å². The first-order chi connectivity index (χ1) is 11.7. The monoisotopic (exact) mass is 367 g/mol. The first kappa shape index (κ1) is 18.8. The predicted molar refractivity (Wildman–Crippen MR) is 92.0 cm³/mol. The third kappa shape index (κ3) is 3.93. The molecule has 0 aliphatic carbocycles. The standard InChI is InChI=1S/C16H21N3O5S/c1-5-24-15(20)16(2,3)19-11-12(10-17-19)18-25(21,22)14-9-7-6-8-13(14)23-4/h6-11,18H,5H2,1-4H3. The Bertz CT molecular complexity index is 858. The summed E-state index contributed by atoms with van der Waals surface area (Å²) in [6.07, 6.45) is 2.76. The van der Waals surface area contributed by atoms with Gasteiger partial charge >= 0.3 is 5.97 Å². The van der Waals surface area contributed by atoms with E-state index < -0.39 is 21.5 Å². The van der Waals surface area contributed by atoms with Crippen molar-refractivity contribution in [2.45, 2.75) is 31.2 Å². The van der Waals surface area contributed by atoms with Crippen LogP contribution >= 0.6 is 0 Å². The van der Waals surface area contributed by atoms with Crippen molar-refractivity contribution in [2.75, 3.05) is 18.4 Å². The molecule has 25 heavy (non-hydrogen) atoms.